The fourth-order valence-corrected chi connectivity index (χ4v) is 9.27. The molecule has 5 aromatic carbocycles. The Morgan fingerprint density at radius 1 is 0.642 bits per heavy atom. The normalized spacial score (nSPS) is 13.9. The third kappa shape index (κ3) is 12.2. The number of benzene rings is 5. The number of nitrogens with zero attached hydrogens (tertiary/aromatic N) is 5. The molecular weight excluding hydrogens is 1120 g/mol. The summed E-state index contributed by atoms with van der Waals surface area (Å²) in [6.07, 6.45) is -2.65. The van der Waals surface area contributed by atoms with Gasteiger partial charge in [-0.1, -0.05) is 0 Å². The van der Waals surface area contributed by atoms with Crippen molar-refractivity contribution in [2.24, 2.45) is 0 Å². The number of hydroxylamine groups is 2. The monoisotopic (exact) mass is 1160 g/mol. The minimum absolute atomic E-state index is 0.0136. The van der Waals surface area contributed by atoms with Crippen LogP contribution in [-0.4, -0.2) is 127 Å². The lowest BCUT2D eigenvalue weighted by molar-refractivity contribution is -0.386. The van der Waals surface area contributed by atoms with Crippen LogP contribution in [0.25, 0.3) is 0 Å². The molecule has 1 fully saturated rings. The first-order valence-corrected chi connectivity index (χ1v) is 26.6. The van der Waals surface area contributed by atoms with Gasteiger partial charge in [-0.15, -0.1) is 5.06 Å². The van der Waals surface area contributed by atoms with Crippen LogP contribution in [0.1, 0.15) is 82.1 Å². The van der Waals surface area contributed by atoms with Gasteiger partial charge in [-0.2, -0.15) is 16.8 Å². The van der Waals surface area contributed by atoms with Crippen molar-refractivity contribution < 1.29 is 97.9 Å². The number of esters is 1. The van der Waals surface area contributed by atoms with E-state index >= 15 is 0 Å². The molecule has 422 valence electrons. The molecule has 32 heteroatoms. The molecule has 1 spiro atoms. The van der Waals surface area contributed by atoms with Gasteiger partial charge in [-0.3, -0.25) is 58.3 Å². The molecule has 0 aliphatic carbocycles. The number of imide groups is 1. The van der Waals surface area contributed by atoms with Crippen molar-refractivity contribution in [3.8, 4) is 11.5 Å². The minimum atomic E-state index is -4.43. The van der Waals surface area contributed by atoms with Gasteiger partial charge in [0.25, 0.3) is 55.2 Å². The van der Waals surface area contributed by atoms with E-state index in [-0.39, 0.29) is 85.8 Å². The average Bonchev–Trinajstić information content (AvgIpc) is 4.16. The van der Waals surface area contributed by atoms with Gasteiger partial charge >= 0.3 is 24.1 Å². The number of carbonyl (C=O) groups is 8. The van der Waals surface area contributed by atoms with E-state index in [1.807, 2.05) is 0 Å². The molecule has 6 amide bonds. The van der Waals surface area contributed by atoms with E-state index in [0.29, 0.717) is 5.06 Å². The second kappa shape index (κ2) is 22.4. The molecule has 0 saturated carbocycles. The van der Waals surface area contributed by atoms with E-state index in [1.54, 1.807) is 0 Å². The summed E-state index contributed by atoms with van der Waals surface area (Å²) >= 11 is 0. The van der Waals surface area contributed by atoms with Crippen LogP contribution in [-0.2, 0) is 67.7 Å². The number of nitro benzene ring substituents is 2. The molecular formula is C49H41N7O23S2. The SMILES string of the molecule is CN(C(=O)OCc1cc(C(=O)NCCS(=O)(=O)O)ccc1[N+](=O)[O-])c1ccc2c(c1)Oc1cc(N(C)C(=O)OCc3cc(C(=O)NCCS(=O)(=O)O)ccc3[N+](=O)[O-])ccc1C21OC(=O)c2ccc(C(=O)ON3C(=O)CCC3=O)cc21. The second-order valence-electron chi connectivity index (χ2n) is 17.8. The van der Waals surface area contributed by atoms with Gasteiger partial charge in [-0.05, 0) is 66.7 Å². The van der Waals surface area contributed by atoms with Crippen LogP contribution in [0.2, 0.25) is 0 Å². The van der Waals surface area contributed by atoms with E-state index in [1.165, 1.54) is 68.7 Å². The third-order valence-corrected chi connectivity index (χ3v) is 14.0. The molecule has 5 aromatic rings. The molecule has 0 unspecified atom stereocenters. The number of fused-ring (bicyclic) bond motifs is 6. The quantitative estimate of drug-likeness (QED) is 0.0240. The number of nitrogens with one attached hydrogen (secondary N) is 2. The van der Waals surface area contributed by atoms with Gasteiger partial charge < -0.3 is 34.4 Å². The summed E-state index contributed by atoms with van der Waals surface area (Å²) < 4.78 is 85.9. The van der Waals surface area contributed by atoms with Crippen LogP contribution < -0.4 is 25.2 Å². The van der Waals surface area contributed by atoms with Crippen molar-refractivity contribution in [1.82, 2.24) is 15.7 Å². The molecule has 81 heavy (non-hydrogen) atoms. The summed E-state index contributed by atoms with van der Waals surface area (Å²) in [6.45, 7) is -2.56. The number of carbonyl (C=O) groups excluding carboxylic acids is 8. The standard InChI is InChI=1S/C49H41N7O23S2/c1-52(47(63)75-24-29-19-26(4-11-37(29)55(65)66)43(59)50-15-17-80(69,70)71)31-6-9-34-39(22-31)77-40-23-32(53(2)48(64)76-25-30-20-27(5-12-38(30)56(67)68)44(60)51-16-18-81(72,73)74)7-10-35(40)49(34)36-21-28(3-8-33(36)46(62)78-49)45(61)79-54-41(57)13-14-42(54)58/h3-12,19-23H,13-18,24-25H2,1-2H3,(H,50,59)(H,51,60)(H,69,70,71)(H,72,73,74). The first-order chi connectivity index (χ1) is 38.1. The van der Waals surface area contributed by atoms with Gasteiger partial charge in [-0.25, -0.2) is 19.2 Å². The number of rotatable bonds is 18. The lowest BCUT2D eigenvalue weighted by Crippen LogP contribution is -2.34. The molecule has 0 aromatic heterocycles. The first-order valence-electron chi connectivity index (χ1n) is 23.4. The summed E-state index contributed by atoms with van der Waals surface area (Å²) in [6, 6.07) is 18.0. The van der Waals surface area contributed by atoms with Crippen LogP contribution in [0.4, 0.5) is 32.3 Å². The maximum absolute atomic E-state index is 13.9. The highest BCUT2D eigenvalue weighted by molar-refractivity contribution is 7.86. The van der Waals surface area contributed by atoms with E-state index < -0.39 is 133 Å². The van der Waals surface area contributed by atoms with Gasteiger partial charge in [0.05, 0.1) is 55.0 Å². The maximum Gasteiger partial charge on any atom is 0.414 e. The molecule has 3 aliphatic heterocycles. The maximum atomic E-state index is 13.9. The fraction of sp³-hybridized carbons (Fsp3) is 0.224. The molecule has 3 aliphatic rings. The average molecular weight is 1160 g/mol. The molecule has 1 saturated heterocycles. The van der Waals surface area contributed by atoms with E-state index in [9.17, 15) is 75.4 Å². The van der Waals surface area contributed by atoms with Crippen molar-refractivity contribution in [3.63, 3.8) is 0 Å². The number of hydrogen-bond acceptors (Lipinski definition) is 21. The van der Waals surface area contributed by atoms with Gasteiger partial charge in [0.2, 0.25) is 0 Å². The zero-order valence-corrected chi connectivity index (χ0v) is 43.5. The van der Waals surface area contributed by atoms with Gasteiger partial charge in [0.15, 0.2) is 5.60 Å². The highest BCUT2D eigenvalue weighted by Crippen LogP contribution is 2.57. The summed E-state index contributed by atoms with van der Waals surface area (Å²) in [5.74, 6) is -7.25. The second-order valence-corrected chi connectivity index (χ2v) is 20.9. The highest BCUT2D eigenvalue weighted by Gasteiger charge is 2.54. The van der Waals surface area contributed by atoms with Crippen LogP contribution >= 0.6 is 0 Å². The number of amides is 6. The van der Waals surface area contributed by atoms with Crippen molar-refractivity contribution in [1.29, 1.82) is 0 Å². The zero-order valence-electron chi connectivity index (χ0n) is 41.8. The van der Waals surface area contributed by atoms with Crippen LogP contribution in [0, 0.1) is 20.2 Å². The molecule has 0 atom stereocenters. The number of hydrogen-bond donors (Lipinski definition) is 4. The molecule has 3 heterocycles. The van der Waals surface area contributed by atoms with E-state index in [0.717, 1.165) is 46.2 Å². The Labute approximate surface area is 455 Å². The predicted octanol–water partition coefficient (Wildman–Crippen LogP) is 4.07. The Morgan fingerprint density at radius 3 is 1.52 bits per heavy atom. The van der Waals surface area contributed by atoms with E-state index in [2.05, 4.69) is 10.6 Å². The molecule has 8 rings (SSSR count). The van der Waals surface area contributed by atoms with Crippen molar-refractivity contribution in [2.75, 3.05) is 48.5 Å². The topological polar surface area (TPSA) is 412 Å². The molecule has 0 bridgehead atoms. The van der Waals surface area contributed by atoms with Crippen molar-refractivity contribution in [3.05, 3.63) is 161 Å². The summed E-state index contributed by atoms with van der Waals surface area (Å²) in [4.78, 5) is 134. The zero-order chi connectivity index (χ0) is 58.9. The third-order valence-electron chi connectivity index (χ3n) is 12.6. The fourth-order valence-electron chi connectivity index (χ4n) is 8.55. The van der Waals surface area contributed by atoms with E-state index in [4.69, 9.17) is 32.9 Å². The number of ether oxygens (including phenoxy) is 4. The smallest absolute Gasteiger partial charge is 0.414 e. The number of anilines is 2. The Morgan fingerprint density at radius 2 is 1.09 bits per heavy atom. The Hall–Kier alpha value is -9.92. The number of nitro groups is 2. The lowest BCUT2D eigenvalue weighted by Gasteiger charge is -2.37. The highest BCUT2D eigenvalue weighted by atomic mass is 32.2. The molecule has 0 radical (unpaired) electrons. The summed E-state index contributed by atoms with van der Waals surface area (Å²) in [5, 5.41) is 28.7. The van der Waals surface area contributed by atoms with Gasteiger partial charge in [0, 0.05) is 92.1 Å². The molecule has 30 nitrogen and oxygen atoms in total. The van der Waals surface area contributed by atoms with Crippen molar-refractivity contribution >= 4 is 90.7 Å². The van der Waals surface area contributed by atoms with Gasteiger partial charge in [0.1, 0.15) is 24.7 Å². The van der Waals surface area contributed by atoms with Crippen LogP contribution in [0.15, 0.2) is 91.0 Å². The Kier molecular flexibility index (Phi) is 15.9. The summed E-state index contributed by atoms with van der Waals surface area (Å²) in [7, 11) is -6.38. The first kappa shape index (κ1) is 57.3. The molecule has 4 N–H and O–H groups in total. The lowest BCUT2D eigenvalue weighted by atomic mass is 9.77. The van der Waals surface area contributed by atoms with Crippen LogP contribution in [0.3, 0.4) is 0 Å². The summed E-state index contributed by atoms with van der Waals surface area (Å²) in [5.41, 5.74) is -4.11. The largest absolute Gasteiger partial charge is 0.456 e. The van der Waals surface area contributed by atoms with Crippen LogP contribution in [0.5, 0.6) is 11.5 Å². The minimum Gasteiger partial charge on any atom is -0.456 e. The Bertz CT molecular complexity index is 3600. The predicted molar refractivity (Wildman–Crippen MR) is 272 cm³/mol. The van der Waals surface area contributed by atoms with Crippen molar-refractivity contribution in [2.45, 2.75) is 31.7 Å². The Balaban J connectivity index is 1.10.